The smallest absolute Gasteiger partial charge is 0.327 e. The summed E-state index contributed by atoms with van der Waals surface area (Å²) in [6, 6.07) is 5.38. The van der Waals surface area contributed by atoms with Gasteiger partial charge in [-0.05, 0) is 37.3 Å². The molecule has 2 heterocycles. The lowest BCUT2D eigenvalue weighted by Gasteiger charge is -2.36. The highest BCUT2D eigenvalue weighted by atomic mass is 16.5. The molecule has 150 valence electrons. The van der Waals surface area contributed by atoms with E-state index >= 15 is 0 Å². The molecule has 7 heteroatoms. The largest absolute Gasteiger partial charge is 0.495 e. The van der Waals surface area contributed by atoms with Crippen molar-refractivity contribution < 1.29 is 19.1 Å². The number of carbonyl (C=O) groups excluding carboxylic acids is 3. The van der Waals surface area contributed by atoms with Gasteiger partial charge in [0.05, 0.1) is 12.8 Å². The molecule has 1 aromatic carbocycles. The Hall–Kier alpha value is -2.57. The number of hydrogen-bond donors (Lipinski definition) is 0. The Labute approximate surface area is 165 Å². The van der Waals surface area contributed by atoms with E-state index in [1.807, 2.05) is 18.2 Å². The number of amides is 4. The molecule has 1 saturated carbocycles. The van der Waals surface area contributed by atoms with Crippen LogP contribution >= 0.6 is 0 Å². The third-order valence-electron chi connectivity index (χ3n) is 6.48. The standard InChI is InChI=1S/C21H27N3O4/c1-22-20(27)24(19(26)21(22)11-4-3-5-12-21)14-17(25)23-13-7-9-15-8-6-10-16(28-2)18(15)23/h6,8,10H,3-5,7,9,11-14H2,1-2H3. The summed E-state index contributed by atoms with van der Waals surface area (Å²) in [7, 11) is 3.28. The fourth-order valence-corrected chi connectivity index (χ4v) is 4.92. The first-order valence-corrected chi connectivity index (χ1v) is 10.1. The number of likely N-dealkylation sites (N-methyl/N-ethyl adjacent to an activating group) is 1. The van der Waals surface area contributed by atoms with Gasteiger partial charge in [-0.3, -0.25) is 14.5 Å². The minimum atomic E-state index is -0.757. The molecule has 3 aliphatic rings. The number of fused-ring (bicyclic) bond motifs is 1. The normalized spacial score (nSPS) is 21.3. The first-order chi connectivity index (χ1) is 13.5. The zero-order chi connectivity index (χ0) is 19.9. The van der Waals surface area contributed by atoms with Gasteiger partial charge >= 0.3 is 6.03 Å². The number of aryl methyl sites for hydroxylation is 1. The maximum Gasteiger partial charge on any atom is 0.327 e. The summed E-state index contributed by atoms with van der Waals surface area (Å²) in [6.07, 6.45) is 6.03. The number of ether oxygens (including phenoxy) is 1. The summed E-state index contributed by atoms with van der Waals surface area (Å²) >= 11 is 0. The van der Waals surface area contributed by atoms with Gasteiger partial charge in [0.25, 0.3) is 5.91 Å². The van der Waals surface area contributed by atoms with Gasteiger partial charge in [-0.15, -0.1) is 0 Å². The average molecular weight is 385 g/mol. The summed E-state index contributed by atoms with van der Waals surface area (Å²) in [5.41, 5.74) is 1.06. The van der Waals surface area contributed by atoms with Gasteiger partial charge in [0.2, 0.25) is 5.91 Å². The number of nitrogens with zero attached hydrogens (tertiary/aromatic N) is 3. The van der Waals surface area contributed by atoms with Crippen LogP contribution in [0, 0.1) is 0 Å². The average Bonchev–Trinajstić information content (AvgIpc) is 2.89. The number of benzene rings is 1. The zero-order valence-corrected chi connectivity index (χ0v) is 16.6. The molecular weight excluding hydrogens is 358 g/mol. The fourth-order valence-electron chi connectivity index (χ4n) is 4.92. The molecular formula is C21H27N3O4. The van der Waals surface area contributed by atoms with Crippen LogP contribution in [0.1, 0.15) is 44.1 Å². The van der Waals surface area contributed by atoms with Crippen molar-refractivity contribution in [1.82, 2.24) is 9.80 Å². The van der Waals surface area contributed by atoms with E-state index in [4.69, 9.17) is 4.74 Å². The lowest BCUT2D eigenvalue weighted by Crippen LogP contribution is -2.50. The molecule has 0 N–H and O–H groups in total. The minimum absolute atomic E-state index is 0.217. The second kappa shape index (κ2) is 7.11. The highest BCUT2D eigenvalue weighted by Crippen LogP contribution is 2.40. The van der Waals surface area contributed by atoms with Gasteiger partial charge in [-0.25, -0.2) is 4.79 Å². The van der Waals surface area contributed by atoms with E-state index in [1.165, 1.54) is 0 Å². The molecule has 4 amide bonds. The van der Waals surface area contributed by atoms with Gasteiger partial charge in [-0.1, -0.05) is 31.4 Å². The molecule has 1 saturated heterocycles. The zero-order valence-electron chi connectivity index (χ0n) is 16.6. The van der Waals surface area contributed by atoms with Crippen LogP contribution in [0.25, 0.3) is 0 Å². The minimum Gasteiger partial charge on any atom is -0.495 e. The molecule has 2 aliphatic heterocycles. The molecule has 1 spiro atoms. The molecule has 1 aliphatic carbocycles. The third kappa shape index (κ3) is 2.75. The van der Waals surface area contributed by atoms with Crippen LogP contribution in [-0.2, 0) is 16.0 Å². The molecule has 2 fully saturated rings. The van der Waals surface area contributed by atoms with Crippen molar-refractivity contribution in [2.24, 2.45) is 0 Å². The highest BCUT2D eigenvalue weighted by Gasteiger charge is 2.56. The lowest BCUT2D eigenvalue weighted by atomic mass is 9.81. The molecule has 0 bridgehead atoms. The lowest BCUT2D eigenvalue weighted by molar-refractivity contribution is -0.136. The molecule has 7 nitrogen and oxygen atoms in total. The maximum absolute atomic E-state index is 13.2. The topological polar surface area (TPSA) is 70.2 Å². The number of methoxy groups -OCH3 is 1. The molecule has 1 aromatic rings. The van der Waals surface area contributed by atoms with Gasteiger partial charge in [0, 0.05) is 13.6 Å². The van der Waals surface area contributed by atoms with Crippen molar-refractivity contribution in [1.29, 1.82) is 0 Å². The van der Waals surface area contributed by atoms with Crippen molar-refractivity contribution >= 4 is 23.5 Å². The van der Waals surface area contributed by atoms with E-state index in [0.717, 1.165) is 48.3 Å². The monoisotopic (exact) mass is 385 g/mol. The Bertz CT molecular complexity index is 802. The van der Waals surface area contributed by atoms with Crippen LogP contribution in [0.2, 0.25) is 0 Å². The van der Waals surface area contributed by atoms with Crippen LogP contribution in [0.15, 0.2) is 18.2 Å². The van der Waals surface area contributed by atoms with Crippen LogP contribution in [0.5, 0.6) is 5.75 Å². The van der Waals surface area contributed by atoms with E-state index in [-0.39, 0.29) is 24.4 Å². The Kier molecular flexibility index (Phi) is 4.77. The van der Waals surface area contributed by atoms with Gasteiger partial charge in [0.15, 0.2) is 0 Å². The van der Waals surface area contributed by atoms with Gasteiger partial charge < -0.3 is 14.5 Å². The first-order valence-electron chi connectivity index (χ1n) is 10.1. The summed E-state index contributed by atoms with van der Waals surface area (Å²) in [6.45, 7) is 0.338. The van der Waals surface area contributed by atoms with Crippen LogP contribution < -0.4 is 9.64 Å². The predicted molar refractivity (Wildman–Crippen MR) is 104 cm³/mol. The maximum atomic E-state index is 13.2. The first kappa shape index (κ1) is 18.8. The summed E-state index contributed by atoms with van der Waals surface area (Å²) in [4.78, 5) is 43.5. The van der Waals surface area contributed by atoms with E-state index < -0.39 is 5.54 Å². The number of urea groups is 1. The molecule has 0 aromatic heterocycles. The fraction of sp³-hybridized carbons (Fsp3) is 0.571. The number of imide groups is 1. The molecule has 0 atom stereocenters. The van der Waals surface area contributed by atoms with Crippen LogP contribution in [0.3, 0.4) is 0 Å². The predicted octanol–water partition coefficient (Wildman–Crippen LogP) is 2.57. The quantitative estimate of drug-likeness (QED) is 0.750. The van der Waals surface area contributed by atoms with E-state index in [1.54, 1.807) is 24.0 Å². The van der Waals surface area contributed by atoms with Crippen molar-refractivity contribution in [3.63, 3.8) is 0 Å². The van der Waals surface area contributed by atoms with E-state index in [9.17, 15) is 14.4 Å². The van der Waals surface area contributed by atoms with Gasteiger partial charge in [-0.2, -0.15) is 0 Å². The third-order valence-corrected chi connectivity index (χ3v) is 6.48. The van der Waals surface area contributed by atoms with Crippen LogP contribution in [-0.4, -0.2) is 60.4 Å². The summed E-state index contributed by atoms with van der Waals surface area (Å²) in [5.74, 6) is 0.184. The second-order valence-corrected chi connectivity index (χ2v) is 7.94. The number of hydrogen-bond acceptors (Lipinski definition) is 4. The molecule has 28 heavy (non-hydrogen) atoms. The summed E-state index contributed by atoms with van der Waals surface area (Å²) < 4.78 is 5.46. The van der Waals surface area contributed by atoms with Gasteiger partial charge in [0.1, 0.15) is 17.8 Å². The van der Waals surface area contributed by atoms with Crippen molar-refractivity contribution in [2.45, 2.75) is 50.5 Å². The number of rotatable bonds is 3. The van der Waals surface area contributed by atoms with E-state index in [2.05, 4.69) is 0 Å². The Balaban J connectivity index is 1.58. The molecule has 0 radical (unpaired) electrons. The highest BCUT2D eigenvalue weighted by molar-refractivity contribution is 6.10. The van der Waals surface area contributed by atoms with E-state index in [0.29, 0.717) is 25.1 Å². The SMILES string of the molecule is COc1cccc2c1N(C(=O)CN1C(=O)N(C)C3(CCCCC3)C1=O)CCC2. The van der Waals surface area contributed by atoms with Crippen molar-refractivity contribution in [2.75, 3.05) is 32.1 Å². The van der Waals surface area contributed by atoms with Crippen LogP contribution in [0.4, 0.5) is 10.5 Å². The van der Waals surface area contributed by atoms with Crippen molar-refractivity contribution in [3.05, 3.63) is 23.8 Å². The Morgan fingerprint density at radius 3 is 2.61 bits per heavy atom. The Morgan fingerprint density at radius 1 is 1.14 bits per heavy atom. The molecule has 0 unspecified atom stereocenters. The number of carbonyl (C=O) groups is 3. The summed E-state index contributed by atoms with van der Waals surface area (Å²) in [5, 5.41) is 0. The molecule has 4 rings (SSSR count). The van der Waals surface area contributed by atoms with Crippen molar-refractivity contribution in [3.8, 4) is 5.75 Å². The Morgan fingerprint density at radius 2 is 1.89 bits per heavy atom. The second-order valence-electron chi connectivity index (χ2n) is 7.94. The number of para-hydroxylation sites is 1. The number of anilines is 1.